The zero-order valence-electron chi connectivity index (χ0n) is 6.86. The van der Waals surface area contributed by atoms with E-state index in [1.54, 1.807) is 24.4 Å². The highest BCUT2D eigenvalue weighted by Crippen LogP contribution is 2.08. The Morgan fingerprint density at radius 3 is 3.00 bits per heavy atom. The van der Waals surface area contributed by atoms with Crippen LogP contribution >= 0.6 is 0 Å². The van der Waals surface area contributed by atoms with Gasteiger partial charge in [-0.1, -0.05) is 6.08 Å². The van der Waals surface area contributed by atoms with Gasteiger partial charge in [-0.15, -0.1) is 6.58 Å². The molecule has 0 atom stereocenters. The van der Waals surface area contributed by atoms with E-state index in [9.17, 15) is 0 Å². The summed E-state index contributed by atoms with van der Waals surface area (Å²) in [6, 6.07) is 3.51. The number of nitrogens with zero attached hydrogens (tertiary/aromatic N) is 1. The summed E-state index contributed by atoms with van der Waals surface area (Å²) in [4.78, 5) is 3.97. The van der Waals surface area contributed by atoms with Crippen molar-refractivity contribution in [3.63, 3.8) is 0 Å². The van der Waals surface area contributed by atoms with Gasteiger partial charge in [0.25, 0.3) is 0 Å². The molecule has 3 heteroatoms. The van der Waals surface area contributed by atoms with Crippen molar-refractivity contribution in [1.82, 2.24) is 4.98 Å². The molecule has 0 saturated carbocycles. The molecule has 1 aromatic heterocycles. The minimum Gasteiger partial charge on any atom is -0.477 e. The van der Waals surface area contributed by atoms with Crippen molar-refractivity contribution in [2.75, 3.05) is 12.3 Å². The van der Waals surface area contributed by atoms with Crippen LogP contribution in [0.2, 0.25) is 0 Å². The molecule has 0 fully saturated rings. The summed E-state index contributed by atoms with van der Waals surface area (Å²) in [5.74, 6) is 0.603. The molecule has 0 radical (unpaired) electrons. The van der Waals surface area contributed by atoms with Crippen molar-refractivity contribution in [2.24, 2.45) is 0 Å². The Balaban J connectivity index is 2.42. The zero-order valence-corrected chi connectivity index (χ0v) is 6.86. The minimum atomic E-state index is 0.603. The molecule has 1 rings (SSSR count). The van der Waals surface area contributed by atoms with Gasteiger partial charge in [-0.2, -0.15) is 0 Å². The SMILES string of the molecule is C=CCCOc1ccc(N)cn1. The number of nitrogen functional groups attached to an aromatic ring is 1. The number of ether oxygens (including phenoxy) is 1. The highest BCUT2D eigenvalue weighted by molar-refractivity contribution is 5.35. The lowest BCUT2D eigenvalue weighted by molar-refractivity contribution is 0.312. The predicted octanol–water partition coefficient (Wildman–Crippen LogP) is 1.62. The van der Waals surface area contributed by atoms with Crippen LogP contribution in [0.3, 0.4) is 0 Å². The minimum absolute atomic E-state index is 0.603. The van der Waals surface area contributed by atoms with Crippen molar-refractivity contribution in [3.8, 4) is 5.88 Å². The Morgan fingerprint density at radius 2 is 2.42 bits per heavy atom. The predicted molar refractivity (Wildman–Crippen MR) is 49.0 cm³/mol. The van der Waals surface area contributed by atoms with Gasteiger partial charge < -0.3 is 10.5 Å². The highest BCUT2D eigenvalue weighted by Gasteiger charge is 1.92. The van der Waals surface area contributed by atoms with Crippen LogP contribution in [0.25, 0.3) is 0 Å². The van der Waals surface area contributed by atoms with Crippen LogP contribution in [0.5, 0.6) is 5.88 Å². The molecule has 0 aromatic carbocycles. The van der Waals surface area contributed by atoms with Crippen LogP contribution in [-0.4, -0.2) is 11.6 Å². The monoisotopic (exact) mass is 164 g/mol. The lowest BCUT2D eigenvalue weighted by Crippen LogP contribution is -1.97. The maximum Gasteiger partial charge on any atom is 0.213 e. The first-order chi connectivity index (χ1) is 5.83. The molecule has 1 heterocycles. The lowest BCUT2D eigenvalue weighted by Gasteiger charge is -2.02. The first-order valence-electron chi connectivity index (χ1n) is 3.78. The molecule has 64 valence electrons. The molecule has 2 N–H and O–H groups in total. The number of pyridine rings is 1. The van der Waals surface area contributed by atoms with Crippen molar-refractivity contribution in [3.05, 3.63) is 31.0 Å². The first kappa shape index (κ1) is 8.59. The number of hydrogen-bond donors (Lipinski definition) is 1. The van der Waals surface area contributed by atoms with Crippen LogP contribution in [0.4, 0.5) is 5.69 Å². The molecule has 0 spiro atoms. The second kappa shape index (κ2) is 4.38. The number of hydrogen-bond acceptors (Lipinski definition) is 3. The van der Waals surface area contributed by atoms with E-state index in [4.69, 9.17) is 10.5 Å². The van der Waals surface area contributed by atoms with Crippen LogP contribution < -0.4 is 10.5 Å². The Kier molecular flexibility index (Phi) is 3.14. The van der Waals surface area contributed by atoms with E-state index in [1.807, 2.05) is 0 Å². The maximum absolute atomic E-state index is 5.45. The second-order valence-electron chi connectivity index (χ2n) is 2.36. The van der Waals surface area contributed by atoms with E-state index in [2.05, 4.69) is 11.6 Å². The average Bonchev–Trinajstić information content (AvgIpc) is 2.09. The van der Waals surface area contributed by atoms with E-state index in [1.165, 1.54) is 0 Å². The molecule has 0 amide bonds. The van der Waals surface area contributed by atoms with E-state index in [0.29, 0.717) is 18.2 Å². The third-order valence-electron chi connectivity index (χ3n) is 1.33. The molecule has 3 nitrogen and oxygen atoms in total. The fourth-order valence-corrected chi connectivity index (χ4v) is 0.724. The van der Waals surface area contributed by atoms with Crippen molar-refractivity contribution < 1.29 is 4.74 Å². The lowest BCUT2D eigenvalue weighted by atomic mass is 10.4. The Hall–Kier alpha value is -1.51. The second-order valence-corrected chi connectivity index (χ2v) is 2.36. The summed E-state index contributed by atoms with van der Waals surface area (Å²) < 4.78 is 5.26. The molecule has 1 aromatic rings. The van der Waals surface area contributed by atoms with E-state index >= 15 is 0 Å². The highest BCUT2D eigenvalue weighted by atomic mass is 16.5. The summed E-state index contributed by atoms with van der Waals surface area (Å²) in [5.41, 5.74) is 6.09. The number of rotatable bonds is 4. The van der Waals surface area contributed by atoms with Gasteiger partial charge in [-0.3, -0.25) is 0 Å². The molecule has 0 aliphatic carbocycles. The van der Waals surface area contributed by atoms with Gasteiger partial charge >= 0.3 is 0 Å². The molecule has 12 heavy (non-hydrogen) atoms. The summed E-state index contributed by atoms with van der Waals surface area (Å²) in [7, 11) is 0. The van der Waals surface area contributed by atoms with Crippen molar-refractivity contribution in [1.29, 1.82) is 0 Å². The molecule has 0 bridgehead atoms. The van der Waals surface area contributed by atoms with Gasteiger partial charge in [0, 0.05) is 6.07 Å². The average molecular weight is 164 g/mol. The Morgan fingerprint density at radius 1 is 1.58 bits per heavy atom. The summed E-state index contributed by atoms with van der Waals surface area (Å²) in [5, 5.41) is 0. The number of nitrogens with two attached hydrogens (primary N) is 1. The van der Waals surface area contributed by atoms with Crippen LogP contribution in [0.1, 0.15) is 6.42 Å². The van der Waals surface area contributed by atoms with Crippen LogP contribution in [0, 0.1) is 0 Å². The largest absolute Gasteiger partial charge is 0.477 e. The van der Waals surface area contributed by atoms with E-state index in [-0.39, 0.29) is 0 Å². The maximum atomic E-state index is 5.45. The zero-order chi connectivity index (χ0) is 8.81. The Labute approximate surface area is 71.9 Å². The van der Waals surface area contributed by atoms with E-state index < -0.39 is 0 Å². The van der Waals surface area contributed by atoms with Gasteiger partial charge in [-0.05, 0) is 12.5 Å². The first-order valence-corrected chi connectivity index (χ1v) is 3.78. The molecular formula is C9H12N2O. The van der Waals surface area contributed by atoms with Crippen molar-refractivity contribution in [2.45, 2.75) is 6.42 Å². The Bertz CT molecular complexity index is 243. The van der Waals surface area contributed by atoms with Crippen LogP contribution in [-0.2, 0) is 0 Å². The van der Waals surface area contributed by atoms with Crippen molar-refractivity contribution >= 4 is 5.69 Å². The number of aromatic nitrogens is 1. The molecule has 0 saturated heterocycles. The van der Waals surface area contributed by atoms with Gasteiger partial charge in [0.05, 0.1) is 18.5 Å². The fraction of sp³-hybridized carbons (Fsp3) is 0.222. The van der Waals surface area contributed by atoms with Gasteiger partial charge in [0.1, 0.15) is 0 Å². The molecule has 0 aliphatic heterocycles. The topological polar surface area (TPSA) is 48.1 Å². The molecular weight excluding hydrogens is 152 g/mol. The third-order valence-corrected chi connectivity index (χ3v) is 1.33. The standard InChI is InChI=1S/C9H12N2O/c1-2-3-6-12-9-5-4-8(10)7-11-9/h2,4-5,7H,1,3,6,10H2. The smallest absolute Gasteiger partial charge is 0.213 e. The normalized spacial score (nSPS) is 9.33. The molecule has 0 aliphatic rings. The van der Waals surface area contributed by atoms with Crippen LogP contribution in [0.15, 0.2) is 31.0 Å². The quantitative estimate of drug-likeness (QED) is 0.543. The molecule has 0 unspecified atom stereocenters. The summed E-state index contributed by atoms with van der Waals surface area (Å²) in [6.45, 7) is 4.20. The summed E-state index contributed by atoms with van der Waals surface area (Å²) in [6.07, 6.45) is 4.20. The van der Waals surface area contributed by atoms with Gasteiger partial charge in [0.2, 0.25) is 5.88 Å². The fourth-order valence-electron chi connectivity index (χ4n) is 0.724. The third kappa shape index (κ3) is 2.62. The van der Waals surface area contributed by atoms with E-state index in [0.717, 1.165) is 6.42 Å². The number of anilines is 1. The van der Waals surface area contributed by atoms with Gasteiger partial charge in [0.15, 0.2) is 0 Å². The summed E-state index contributed by atoms with van der Waals surface area (Å²) >= 11 is 0. The van der Waals surface area contributed by atoms with Gasteiger partial charge in [-0.25, -0.2) is 4.98 Å².